The van der Waals surface area contributed by atoms with Crippen molar-refractivity contribution >= 4 is 5.97 Å². The number of nitrogens with zero attached hydrogens (tertiary/aromatic N) is 1. The largest absolute Gasteiger partial charge is 0.466 e. The van der Waals surface area contributed by atoms with Crippen molar-refractivity contribution in [3.8, 4) is 0 Å². The van der Waals surface area contributed by atoms with E-state index in [0.29, 0.717) is 6.61 Å². The van der Waals surface area contributed by atoms with Crippen molar-refractivity contribution < 1.29 is 9.53 Å². The fraction of sp³-hybridized carbons (Fsp3) is 0.923. The minimum atomic E-state index is -0.0421. The van der Waals surface area contributed by atoms with Crippen molar-refractivity contribution in [2.24, 2.45) is 17.8 Å². The molecule has 0 aromatic carbocycles. The van der Waals surface area contributed by atoms with Crippen LogP contribution in [0.5, 0.6) is 0 Å². The molecule has 0 N–H and O–H groups in total. The van der Waals surface area contributed by atoms with Crippen LogP contribution >= 0.6 is 0 Å². The van der Waals surface area contributed by atoms with Crippen LogP contribution in [0.3, 0.4) is 0 Å². The highest BCUT2D eigenvalue weighted by atomic mass is 16.5. The molecule has 1 aliphatic heterocycles. The van der Waals surface area contributed by atoms with Crippen molar-refractivity contribution in [3.05, 3.63) is 0 Å². The molecule has 3 unspecified atom stereocenters. The van der Waals surface area contributed by atoms with Gasteiger partial charge in [0.05, 0.1) is 12.5 Å². The monoisotopic (exact) mass is 225 g/mol. The van der Waals surface area contributed by atoms with Gasteiger partial charge < -0.3 is 9.64 Å². The molecule has 0 aromatic rings. The zero-order valence-corrected chi connectivity index (χ0v) is 10.4. The fourth-order valence-electron chi connectivity index (χ4n) is 3.23. The predicted octanol–water partition coefficient (Wildman–Crippen LogP) is 1.92. The molecule has 2 fully saturated rings. The Bertz CT molecular complexity index is 242. The Morgan fingerprint density at radius 1 is 1.38 bits per heavy atom. The molecule has 1 aliphatic carbocycles. The molecule has 1 saturated carbocycles. The summed E-state index contributed by atoms with van der Waals surface area (Å²) in [4.78, 5) is 14.0. The van der Waals surface area contributed by atoms with Crippen molar-refractivity contribution in [1.29, 1.82) is 0 Å². The second kappa shape index (κ2) is 5.17. The topological polar surface area (TPSA) is 29.5 Å². The van der Waals surface area contributed by atoms with Crippen molar-refractivity contribution in [1.82, 2.24) is 4.90 Å². The predicted molar refractivity (Wildman–Crippen MR) is 63.1 cm³/mol. The Kier molecular flexibility index (Phi) is 3.85. The summed E-state index contributed by atoms with van der Waals surface area (Å²) < 4.78 is 5.04. The summed E-state index contributed by atoms with van der Waals surface area (Å²) in [6.45, 7) is 7.63. The van der Waals surface area contributed by atoms with Gasteiger partial charge in [0.2, 0.25) is 0 Å². The highest BCUT2D eigenvalue weighted by molar-refractivity contribution is 5.72. The number of rotatable bonds is 4. The van der Waals surface area contributed by atoms with Crippen molar-refractivity contribution in [2.45, 2.75) is 33.1 Å². The molecule has 3 atom stereocenters. The molecule has 0 spiro atoms. The first-order valence-electron chi connectivity index (χ1n) is 6.59. The van der Waals surface area contributed by atoms with Crippen LogP contribution in [-0.4, -0.2) is 37.1 Å². The molecule has 16 heavy (non-hydrogen) atoms. The number of fused-ring (bicyclic) bond motifs is 1. The van der Waals surface area contributed by atoms with E-state index < -0.39 is 0 Å². The quantitative estimate of drug-likeness (QED) is 0.685. The lowest BCUT2D eigenvalue weighted by Crippen LogP contribution is -2.31. The van der Waals surface area contributed by atoms with E-state index >= 15 is 0 Å². The number of hydrogen-bond acceptors (Lipinski definition) is 3. The van der Waals surface area contributed by atoms with E-state index in [2.05, 4.69) is 4.90 Å². The van der Waals surface area contributed by atoms with Crippen LogP contribution in [0.4, 0.5) is 0 Å². The first-order chi connectivity index (χ1) is 7.70. The molecular weight excluding hydrogens is 202 g/mol. The van der Waals surface area contributed by atoms with E-state index in [1.807, 2.05) is 13.8 Å². The minimum absolute atomic E-state index is 0.0266. The third kappa shape index (κ3) is 2.57. The lowest BCUT2D eigenvalue weighted by atomic mass is 10.0. The van der Waals surface area contributed by atoms with Gasteiger partial charge in [-0.3, -0.25) is 4.79 Å². The Balaban J connectivity index is 1.76. The summed E-state index contributed by atoms with van der Waals surface area (Å²) in [5, 5.41) is 0. The third-order valence-corrected chi connectivity index (χ3v) is 4.02. The second-order valence-corrected chi connectivity index (χ2v) is 5.32. The Morgan fingerprint density at radius 3 is 2.56 bits per heavy atom. The highest BCUT2D eigenvalue weighted by Gasteiger charge is 2.36. The Morgan fingerprint density at radius 2 is 2.00 bits per heavy atom. The van der Waals surface area contributed by atoms with E-state index in [1.165, 1.54) is 32.4 Å². The molecule has 0 aromatic heterocycles. The van der Waals surface area contributed by atoms with Gasteiger partial charge in [-0.2, -0.15) is 0 Å². The van der Waals surface area contributed by atoms with Crippen LogP contribution in [0.1, 0.15) is 33.1 Å². The fourth-order valence-corrected chi connectivity index (χ4v) is 3.23. The van der Waals surface area contributed by atoms with Crippen LogP contribution in [0.2, 0.25) is 0 Å². The number of carbonyl (C=O) groups is 1. The van der Waals surface area contributed by atoms with Gasteiger partial charge in [0.1, 0.15) is 0 Å². The van der Waals surface area contributed by atoms with Gasteiger partial charge in [-0.1, -0.05) is 13.3 Å². The minimum Gasteiger partial charge on any atom is -0.466 e. The number of ether oxygens (including phenoxy) is 1. The lowest BCUT2D eigenvalue weighted by Gasteiger charge is -2.20. The number of hydrogen-bond donors (Lipinski definition) is 0. The number of likely N-dealkylation sites (tertiary alicyclic amines) is 1. The molecule has 2 rings (SSSR count). The molecule has 2 aliphatic rings. The van der Waals surface area contributed by atoms with E-state index in [4.69, 9.17) is 4.74 Å². The molecule has 1 saturated heterocycles. The standard InChI is InChI=1S/C13H23NO2/c1-3-16-13(15)10(2)7-14-8-11-5-4-6-12(11)9-14/h10-12H,3-9H2,1-2H3. The first kappa shape index (κ1) is 11.9. The number of carbonyl (C=O) groups excluding carboxylic acids is 1. The maximum atomic E-state index is 11.5. The van der Waals surface area contributed by atoms with Crippen LogP contribution in [0, 0.1) is 17.8 Å². The van der Waals surface area contributed by atoms with E-state index in [9.17, 15) is 4.79 Å². The van der Waals surface area contributed by atoms with Gasteiger partial charge in [-0.25, -0.2) is 0 Å². The normalized spacial score (nSPS) is 31.4. The third-order valence-electron chi connectivity index (χ3n) is 4.02. The SMILES string of the molecule is CCOC(=O)C(C)CN1CC2CCCC2C1. The van der Waals surface area contributed by atoms with Crippen LogP contribution < -0.4 is 0 Å². The van der Waals surface area contributed by atoms with Crippen molar-refractivity contribution in [2.75, 3.05) is 26.2 Å². The molecule has 0 bridgehead atoms. The van der Waals surface area contributed by atoms with Gasteiger partial charge in [0.25, 0.3) is 0 Å². The summed E-state index contributed by atoms with van der Waals surface area (Å²) >= 11 is 0. The lowest BCUT2D eigenvalue weighted by molar-refractivity contribution is -0.147. The van der Waals surface area contributed by atoms with E-state index in [1.54, 1.807) is 0 Å². The first-order valence-corrected chi connectivity index (χ1v) is 6.59. The summed E-state index contributed by atoms with van der Waals surface area (Å²) in [5.41, 5.74) is 0. The van der Waals surface area contributed by atoms with Gasteiger partial charge in [0.15, 0.2) is 0 Å². The van der Waals surface area contributed by atoms with Gasteiger partial charge in [0, 0.05) is 19.6 Å². The summed E-state index contributed by atoms with van der Waals surface area (Å²) in [5.74, 6) is 1.81. The zero-order valence-electron chi connectivity index (χ0n) is 10.4. The highest BCUT2D eigenvalue weighted by Crippen LogP contribution is 2.37. The smallest absolute Gasteiger partial charge is 0.309 e. The van der Waals surface area contributed by atoms with Crippen LogP contribution in [0.15, 0.2) is 0 Å². The molecule has 0 radical (unpaired) electrons. The summed E-state index contributed by atoms with van der Waals surface area (Å²) in [6.07, 6.45) is 4.21. The zero-order chi connectivity index (χ0) is 11.5. The average molecular weight is 225 g/mol. The van der Waals surface area contributed by atoms with E-state index in [0.717, 1.165) is 18.4 Å². The molecule has 92 valence electrons. The van der Waals surface area contributed by atoms with Gasteiger partial charge in [-0.15, -0.1) is 0 Å². The Labute approximate surface area is 98.1 Å². The summed E-state index contributed by atoms with van der Waals surface area (Å²) in [6, 6.07) is 0. The summed E-state index contributed by atoms with van der Waals surface area (Å²) in [7, 11) is 0. The maximum absolute atomic E-state index is 11.5. The van der Waals surface area contributed by atoms with E-state index in [-0.39, 0.29) is 11.9 Å². The van der Waals surface area contributed by atoms with Gasteiger partial charge >= 0.3 is 5.97 Å². The second-order valence-electron chi connectivity index (χ2n) is 5.32. The maximum Gasteiger partial charge on any atom is 0.309 e. The Hall–Kier alpha value is -0.570. The van der Waals surface area contributed by atoms with Crippen LogP contribution in [-0.2, 0) is 9.53 Å². The molecule has 3 heteroatoms. The molecule has 3 nitrogen and oxygen atoms in total. The van der Waals surface area contributed by atoms with Crippen LogP contribution in [0.25, 0.3) is 0 Å². The van der Waals surface area contributed by atoms with Crippen molar-refractivity contribution in [3.63, 3.8) is 0 Å². The average Bonchev–Trinajstić information content (AvgIpc) is 2.78. The molecule has 1 heterocycles. The molecular formula is C13H23NO2. The van der Waals surface area contributed by atoms with Gasteiger partial charge in [-0.05, 0) is 31.6 Å². The number of esters is 1. The molecule has 0 amide bonds.